The molecule has 0 bridgehead atoms. The van der Waals surface area contributed by atoms with Crippen molar-refractivity contribution in [2.45, 2.75) is 19.4 Å². The minimum atomic E-state index is -0.600. The number of benzene rings is 2. The fourth-order valence-corrected chi connectivity index (χ4v) is 2.34. The number of nitrogens with two attached hydrogens (primary N) is 1. The monoisotopic (exact) mass is 319 g/mol. The van der Waals surface area contributed by atoms with E-state index in [0.717, 1.165) is 12.5 Å². The van der Waals surface area contributed by atoms with E-state index in [2.05, 4.69) is 5.32 Å². The van der Waals surface area contributed by atoms with Gasteiger partial charge >= 0.3 is 0 Å². The minimum Gasteiger partial charge on any atom is -0.351 e. The molecule has 0 spiro atoms. The van der Waals surface area contributed by atoms with E-state index < -0.39 is 11.6 Å². The Morgan fingerprint density at radius 2 is 1.91 bits per heavy atom. The second kappa shape index (κ2) is 8.39. The van der Waals surface area contributed by atoms with Crippen LogP contribution in [0.25, 0.3) is 0 Å². The van der Waals surface area contributed by atoms with Crippen LogP contribution in [0, 0.1) is 11.6 Å². The lowest BCUT2D eigenvalue weighted by molar-refractivity contribution is -0.682. The van der Waals surface area contributed by atoms with Gasteiger partial charge in [-0.25, -0.2) is 8.78 Å². The van der Waals surface area contributed by atoms with Crippen LogP contribution in [-0.4, -0.2) is 19.0 Å². The summed E-state index contributed by atoms with van der Waals surface area (Å²) in [6.45, 7) is 2.55. The van der Waals surface area contributed by atoms with Crippen molar-refractivity contribution in [3.63, 3.8) is 0 Å². The normalized spacial score (nSPS) is 12.0. The largest absolute Gasteiger partial charge is 0.351 e. The standard InChI is InChI=1S/C18H20F2N2O/c1-13(16-8-7-15(19)11-17(16)20)22-12-18(23)21-10-9-14-5-3-2-4-6-14/h2-8,11,13,22H,9-10,12H2,1H3,(H,21,23)/p+1/t13-/m0/s1. The van der Waals surface area contributed by atoms with Crippen LogP contribution in [0.3, 0.4) is 0 Å². The molecule has 0 aliphatic carbocycles. The number of carbonyl (C=O) groups excluding carboxylic acids is 1. The van der Waals surface area contributed by atoms with Crippen LogP contribution in [0.4, 0.5) is 8.78 Å². The van der Waals surface area contributed by atoms with Gasteiger partial charge in [0.1, 0.15) is 17.7 Å². The van der Waals surface area contributed by atoms with E-state index in [-0.39, 0.29) is 18.5 Å². The molecule has 2 aromatic rings. The van der Waals surface area contributed by atoms with E-state index in [1.54, 1.807) is 12.2 Å². The number of rotatable bonds is 7. The van der Waals surface area contributed by atoms with Crippen molar-refractivity contribution in [1.82, 2.24) is 5.32 Å². The summed E-state index contributed by atoms with van der Waals surface area (Å²) < 4.78 is 26.5. The first-order valence-corrected chi connectivity index (χ1v) is 7.65. The van der Waals surface area contributed by atoms with Crippen molar-refractivity contribution in [2.75, 3.05) is 13.1 Å². The van der Waals surface area contributed by atoms with Crippen LogP contribution in [-0.2, 0) is 11.2 Å². The van der Waals surface area contributed by atoms with Gasteiger partial charge in [0.2, 0.25) is 0 Å². The Labute approximate surface area is 134 Å². The first-order valence-electron chi connectivity index (χ1n) is 7.65. The summed E-state index contributed by atoms with van der Waals surface area (Å²) in [4.78, 5) is 11.8. The van der Waals surface area contributed by atoms with Crippen LogP contribution in [0.1, 0.15) is 24.1 Å². The maximum atomic E-state index is 13.7. The van der Waals surface area contributed by atoms with Crippen molar-refractivity contribution in [3.05, 3.63) is 71.3 Å². The molecule has 1 amide bonds. The molecule has 122 valence electrons. The average molecular weight is 319 g/mol. The van der Waals surface area contributed by atoms with Crippen molar-refractivity contribution in [3.8, 4) is 0 Å². The molecule has 0 aromatic heterocycles. The lowest BCUT2D eigenvalue weighted by Gasteiger charge is -2.12. The smallest absolute Gasteiger partial charge is 0.275 e. The Kier molecular flexibility index (Phi) is 6.23. The van der Waals surface area contributed by atoms with E-state index >= 15 is 0 Å². The fourth-order valence-electron chi connectivity index (χ4n) is 2.34. The fraction of sp³-hybridized carbons (Fsp3) is 0.278. The molecule has 0 aliphatic heterocycles. The average Bonchev–Trinajstić information content (AvgIpc) is 2.53. The highest BCUT2D eigenvalue weighted by molar-refractivity contribution is 5.76. The summed E-state index contributed by atoms with van der Waals surface area (Å²) in [5.74, 6) is -1.29. The Balaban J connectivity index is 1.73. The van der Waals surface area contributed by atoms with Gasteiger partial charge in [0, 0.05) is 18.2 Å². The van der Waals surface area contributed by atoms with Gasteiger partial charge in [0.05, 0.1) is 0 Å². The van der Waals surface area contributed by atoms with Gasteiger partial charge in [-0.3, -0.25) is 4.79 Å². The summed E-state index contributed by atoms with van der Waals surface area (Å²) in [5, 5.41) is 4.57. The summed E-state index contributed by atoms with van der Waals surface area (Å²) >= 11 is 0. The van der Waals surface area contributed by atoms with E-state index in [4.69, 9.17) is 0 Å². The van der Waals surface area contributed by atoms with Crippen LogP contribution < -0.4 is 10.6 Å². The highest BCUT2D eigenvalue weighted by atomic mass is 19.1. The van der Waals surface area contributed by atoms with E-state index in [9.17, 15) is 13.6 Å². The van der Waals surface area contributed by atoms with Gasteiger partial charge in [0.25, 0.3) is 5.91 Å². The molecule has 3 nitrogen and oxygen atoms in total. The third-order valence-corrected chi connectivity index (χ3v) is 3.69. The molecular weight excluding hydrogens is 298 g/mol. The zero-order valence-corrected chi connectivity index (χ0v) is 13.1. The number of quaternary nitrogens is 1. The van der Waals surface area contributed by atoms with Gasteiger partial charge in [-0.2, -0.15) is 0 Å². The van der Waals surface area contributed by atoms with Crippen LogP contribution in [0.15, 0.2) is 48.5 Å². The second-order valence-corrected chi connectivity index (χ2v) is 5.48. The molecule has 5 heteroatoms. The van der Waals surface area contributed by atoms with Crippen molar-refractivity contribution in [2.24, 2.45) is 0 Å². The number of nitrogens with one attached hydrogen (secondary N) is 1. The summed E-state index contributed by atoms with van der Waals surface area (Å²) in [6, 6.07) is 13.1. The SMILES string of the molecule is C[C@H]([NH2+]CC(=O)NCCc1ccccc1)c1ccc(F)cc1F. The molecule has 0 aliphatic rings. The Hall–Kier alpha value is -2.27. The summed E-state index contributed by atoms with van der Waals surface area (Å²) in [7, 11) is 0. The van der Waals surface area contributed by atoms with E-state index in [0.29, 0.717) is 12.1 Å². The van der Waals surface area contributed by atoms with E-state index in [1.807, 2.05) is 30.3 Å². The minimum absolute atomic E-state index is 0.102. The van der Waals surface area contributed by atoms with Crippen molar-refractivity contribution < 1.29 is 18.9 Å². The topological polar surface area (TPSA) is 45.7 Å². The molecule has 2 rings (SSSR count). The first-order chi connectivity index (χ1) is 11.1. The summed E-state index contributed by atoms with van der Waals surface area (Å²) in [6.07, 6.45) is 0.773. The molecular formula is C18H21F2N2O+. The number of halogens is 2. The number of hydrogen-bond donors (Lipinski definition) is 2. The second-order valence-electron chi connectivity index (χ2n) is 5.48. The molecule has 1 atom stereocenters. The highest BCUT2D eigenvalue weighted by Crippen LogP contribution is 2.14. The molecule has 0 fully saturated rings. The molecule has 3 N–H and O–H groups in total. The Bertz CT molecular complexity index is 647. The third-order valence-electron chi connectivity index (χ3n) is 3.69. The van der Waals surface area contributed by atoms with Crippen LogP contribution in [0.5, 0.6) is 0 Å². The van der Waals surface area contributed by atoms with E-state index in [1.165, 1.54) is 17.7 Å². The molecule has 0 saturated carbocycles. The number of amides is 1. The maximum Gasteiger partial charge on any atom is 0.275 e. The molecule has 0 radical (unpaired) electrons. The summed E-state index contributed by atoms with van der Waals surface area (Å²) in [5.41, 5.74) is 1.56. The number of hydrogen-bond acceptors (Lipinski definition) is 1. The van der Waals surface area contributed by atoms with Gasteiger partial charge in [-0.1, -0.05) is 30.3 Å². The quantitative estimate of drug-likeness (QED) is 0.805. The zero-order valence-electron chi connectivity index (χ0n) is 13.1. The maximum absolute atomic E-state index is 13.7. The van der Waals surface area contributed by atoms with Crippen molar-refractivity contribution in [1.29, 1.82) is 0 Å². The van der Waals surface area contributed by atoms with Crippen LogP contribution >= 0.6 is 0 Å². The predicted octanol–water partition coefficient (Wildman–Crippen LogP) is 1.95. The molecule has 0 saturated heterocycles. The predicted molar refractivity (Wildman–Crippen MR) is 84.7 cm³/mol. The lowest BCUT2D eigenvalue weighted by Crippen LogP contribution is -2.87. The zero-order chi connectivity index (χ0) is 16.7. The van der Waals surface area contributed by atoms with Gasteiger partial charge in [0.15, 0.2) is 6.54 Å². The Morgan fingerprint density at radius 3 is 2.61 bits per heavy atom. The molecule has 0 heterocycles. The first kappa shape index (κ1) is 17.1. The number of carbonyl (C=O) groups is 1. The molecule has 23 heavy (non-hydrogen) atoms. The van der Waals surface area contributed by atoms with Crippen LogP contribution in [0.2, 0.25) is 0 Å². The van der Waals surface area contributed by atoms with Crippen molar-refractivity contribution >= 4 is 5.91 Å². The van der Waals surface area contributed by atoms with Gasteiger partial charge in [-0.05, 0) is 31.0 Å². The Morgan fingerprint density at radius 1 is 1.17 bits per heavy atom. The third kappa shape index (κ3) is 5.45. The highest BCUT2D eigenvalue weighted by Gasteiger charge is 2.15. The molecule has 0 unspecified atom stereocenters. The lowest BCUT2D eigenvalue weighted by atomic mass is 10.1. The van der Waals surface area contributed by atoms with Gasteiger partial charge in [-0.15, -0.1) is 0 Å². The molecule has 2 aromatic carbocycles. The van der Waals surface area contributed by atoms with Gasteiger partial charge < -0.3 is 10.6 Å².